The summed E-state index contributed by atoms with van der Waals surface area (Å²) in [5.41, 5.74) is 1.81. The summed E-state index contributed by atoms with van der Waals surface area (Å²) in [7, 11) is 0. The Morgan fingerprint density at radius 3 is 2.61 bits per heavy atom. The molecule has 120 valence electrons. The maximum Gasteiger partial charge on any atom is 0.171 e. The second kappa shape index (κ2) is 6.38. The molecule has 5 heteroatoms. The summed E-state index contributed by atoms with van der Waals surface area (Å²) in [6, 6.07) is 15.7. The van der Waals surface area contributed by atoms with Gasteiger partial charge >= 0.3 is 0 Å². The highest BCUT2D eigenvalue weighted by Crippen LogP contribution is 2.39. The molecule has 0 bridgehead atoms. The van der Waals surface area contributed by atoms with Gasteiger partial charge in [-0.3, -0.25) is 0 Å². The molecule has 0 aromatic heterocycles. The molecule has 0 saturated heterocycles. The zero-order chi connectivity index (χ0) is 16.4. The van der Waals surface area contributed by atoms with E-state index in [1.54, 1.807) is 0 Å². The van der Waals surface area contributed by atoms with Gasteiger partial charge in [0.1, 0.15) is 11.4 Å². The third kappa shape index (κ3) is 3.95. The molecule has 1 aliphatic rings. The third-order valence-corrected chi connectivity index (χ3v) is 4.26. The minimum absolute atomic E-state index is 0.113. The molecule has 0 unspecified atom stereocenters. The van der Waals surface area contributed by atoms with Gasteiger partial charge in [0.2, 0.25) is 0 Å². The SMILES string of the molecule is CC1(C)C[C@H](NC(=S)Nc2ccc(Cl)cc2)c2ccccc2O1. The average molecular weight is 347 g/mol. The second-order valence-corrected chi connectivity index (χ2v) is 7.11. The molecule has 2 aromatic rings. The average Bonchev–Trinajstić information content (AvgIpc) is 2.48. The van der Waals surface area contributed by atoms with Crippen molar-refractivity contribution < 1.29 is 4.74 Å². The first-order chi connectivity index (χ1) is 10.9. The van der Waals surface area contributed by atoms with Gasteiger partial charge < -0.3 is 15.4 Å². The molecule has 0 radical (unpaired) electrons. The van der Waals surface area contributed by atoms with E-state index in [0.717, 1.165) is 23.4 Å². The minimum Gasteiger partial charge on any atom is -0.487 e. The van der Waals surface area contributed by atoms with Crippen LogP contribution in [0.1, 0.15) is 31.9 Å². The fourth-order valence-corrected chi connectivity index (χ4v) is 3.18. The van der Waals surface area contributed by atoms with E-state index < -0.39 is 0 Å². The van der Waals surface area contributed by atoms with Gasteiger partial charge in [-0.1, -0.05) is 29.8 Å². The fourth-order valence-electron chi connectivity index (χ4n) is 2.79. The lowest BCUT2D eigenvalue weighted by molar-refractivity contribution is 0.0697. The van der Waals surface area contributed by atoms with Crippen LogP contribution in [0.15, 0.2) is 48.5 Å². The lowest BCUT2D eigenvalue weighted by atomic mass is 9.90. The van der Waals surface area contributed by atoms with Gasteiger partial charge in [0.25, 0.3) is 0 Å². The van der Waals surface area contributed by atoms with E-state index >= 15 is 0 Å². The topological polar surface area (TPSA) is 33.3 Å². The summed E-state index contributed by atoms with van der Waals surface area (Å²) in [5, 5.41) is 7.89. The van der Waals surface area contributed by atoms with Gasteiger partial charge in [-0.05, 0) is 56.4 Å². The Bertz CT molecular complexity index is 715. The number of halogens is 1. The molecular weight excluding hydrogens is 328 g/mol. The standard InChI is InChI=1S/C18H19ClN2OS/c1-18(2)11-15(14-5-3-4-6-16(14)22-18)21-17(23)20-13-9-7-12(19)8-10-13/h3-10,15H,11H2,1-2H3,(H2,20,21,23)/t15-/m0/s1. The van der Waals surface area contributed by atoms with Crippen LogP contribution in [0.2, 0.25) is 5.02 Å². The van der Waals surface area contributed by atoms with Crippen LogP contribution in [-0.2, 0) is 0 Å². The first-order valence-electron chi connectivity index (χ1n) is 7.54. The normalized spacial score (nSPS) is 18.5. The first kappa shape index (κ1) is 16.1. The summed E-state index contributed by atoms with van der Waals surface area (Å²) >= 11 is 11.4. The molecule has 0 saturated carbocycles. The number of ether oxygens (including phenoxy) is 1. The van der Waals surface area contributed by atoms with E-state index in [2.05, 4.69) is 30.5 Å². The number of anilines is 1. The molecule has 0 amide bonds. The summed E-state index contributed by atoms with van der Waals surface area (Å²) in [6.07, 6.45) is 0.840. The molecule has 1 aliphatic heterocycles. The predicted molar refractivity (Wildman–Crippen MR) is 99.3 cm³/mol. The van der Waals surface area contributed by atoms with Crippen molar-refractivity contribution in [3.8, 4) is 5.75 Å². The van der Waals surface area contributed by atoms with Gasteiger partial charge in [-0.15, -0.1) is 0 Å². The molecule has 1 atom stereocenters. The molecule has 2 N–H and O–H groups in total. The van der Waals surface area contributed by atoms with Crippen LogP contribution in [0, 0.1) is 0 Å². The number of benzene rings is 2. The Labute approximate surface area is 147 Å². The molecule has 1 heterocycles. The van der Waals surface area contributed by atoms with E-state index in [-0.39, 0.29) is 11.6 Å². The molecule has 0 fully saturated rings. The number of rotatable bonds is 2. The van der Waals surface area contributed by atoms with Crippen LogP contribution < -0.4 is 15.4 Å². The Balaban J connectivity index is 1.74. The Kier molecular flexibility index (Phi) is 4.46. The molecule has 3 nitrogen and oxygen atoms in total. The van der Waals surface area contributed by atoms with Crippen molar-refractivity contribution in [3.05, 3.63) is 59.1 Å². The van der Waals surface area contributed by atoms with Crippen LogP contribution in [0.25, 0.3) is 0 Å². The van der Waals surface area contributed by atoms with E-state index in [1.807, 2.05) is 42.5 Å². The number of thiocarbonyl (C=S) groups is 1. The maximum absolute atomic E-state index is 6.04. The molecule has 23 heavy (non-hydrogen) atoms. The van der Waals surface area contributed by atoms with Gasteiger partial charge in [0.15, 0.2) is 5.11 Å². The zero-order valence-electron chi connectivity index (χ0n) is 13.1. The van der Waals surface area contributed by atoms with Crippen molar-refractivity contribution in [2.24, 2.45) is 0 Å². The van der Waals surface area contributed by atoms with Crippen molar-refractivity contribution in [1.82, 2.24) is 5.32 Å². The molecule has 0 aliphatic carbocycles. The summed E-state index contributed by atoms with van der Waals surface area (Å²) < 4.78 is 6.04. The summed E-state index contributed by atoms with van der Waals surface area (Å²) in [6.45, 7) is 4.18. The second-order valence-electron chi connectivity index (χ2n) is 6.26. The summed E-state index contributed by atoms with van der Waals surface area (Å²) in [4.78, 5) is 0. The number of hydrogen-bond acceptors (Lipinski definition) is 2. The third-order valence-electron chi connectivity index (χ3n) is 3.78. The zero-order valence-corrected chi connectivity index (χ0v) is 14.7. The van der Waals surface area contributed by atoms with Crippen molar-refractivity contribution in [3.63, 3.8) is 0 Å². The molecule has 3 rings (SSSR count). The van der Waals surface area contributed by atoms with Crippen molar-refractivity contribution in [2.45, 2.75) is 31.9 Å². The number of para-hydroxylation sites is 1. The number of hydrogen-bond donors (Lipinski definition) is 2. The summed E-state index contributed by atoms with van der Waals surface area (Å²) in [5.74, 6) is 0.913. The van der Waals surface area contributed by atoms with Crippen LogP contribution in [0.5, 0.6) is 5.75 Å². The lowest BCUT2D eigenvalue weighted by Gasteiger charge is -2.38. The van der Waals surface area contributed by atoms with Crippen LogP contribution in [0.3, 0.4) is 0 Å². The van der Waals surface area contributed by atoms with Crippen molar-refractivity contribution in [1.29, 1.82) is 0 Å². The highest BCUT2D eigenvalue weighted by atomic mass is 35.5. The molecule has 0 spiro atoms. The van der Waals surface area contributed by atoms with Gasteiger partial charge in [-0.2, -0.15) is 0 Å². The Morgan fingerprint density at radius 2 is 1.87 bits per heavy atom. The minimum atomic E-state index is -0.234. The van der Waals surface area contributed by atoms with Crippen LogP contribution >= 0.6 is 23.8 Å². The number of fused-ring (bicyclic) bond motifs is 1. The Hall–Kier alpha value is -1.78. The lowest BCUT2D eigenvalue weighted by Crippen LogP contribution is -2.42. The van der Waals surface area contributed by atoms with Gasteiger partial charge in [-0.25, -0.2) is 0 Å². The monoisotopic (exact) mass is 346 g/mol. The predicted octanol–water partition coefficient (Wildman–Crippen LogP) is 4.93. The maximum atomic E-state index is 6.04. The van der Waals surface area contributed by atoms with Gasteiger partial charge in [0.05, 0.1) is 6.04 Å². The van der Waals surface area contributed by atoms with Crippen LogP contribution in [-0.4, -0.2) is 10.7 Å². The van der Waals surface area contributed by atoms with E-state index in [9.17, 15) is 0 Å². The highest BCUT2D eigenvalue weighted by molar-refractivity contribution is 7.80. The van der Waals surface area contributed by atoms with Gasteiger partial charge in [0, 0.05) is 22.7 Å². The van der Waals surface area contributed by atoms with E-state index in [0.29, 0.717) is 10.1 Å². The Morgan fingerprint density at radius 1 is 1.17 bits per heavy atom. The molecule has 2 aromatic carbocycles. The van der Waals surface area contributed by atoms with E-state index in [4.69, 9.17) is 28.6 Å². The largest absolute Gasteiger partial charge is 0.487 e. The molecular formula is C18H19ClN2OS. The first-order valence-corrected chi connectivity index (χ1v) is 8.33. The van der Waals surface area contributed by atoms with E-state index in [1.165, 1.54) is 0 Å². The quantitative estimate of drug-likeness (QED) is 0.755. The smallest absolute Gasteiger partial charge is 0.171 e. The van der Waals surface area contributed by atoms with Crippen molar-refractivity contribution >= 4 is 34.6 Å². The van der Waals surface area contributed by atoms with Crippen LogP contribution in [0.4, 0.5) is 5.69 Å². The fraction of sp³-hybridized carbons (Fsp3) is 0.278. The van der Waals surface area contributed by atoms with Crippen molar-refractivity contribution in [2.75, 3.05) is 5.32 Å². The highest BCUT2D eigenvalue weighted by Gasteiger charge is 2.33. The number of nitrogens with one attached hydrogen (secondary N) is 2.